The van der Waals surface area contributed by atoms with Crippen LogP contribution in [0.4, 0.5) is 0 Å². The van der Waals surface area contributed by atoms with Crippen molar-refractivity contribution < 1.29 is 32.3 Å². The molecule has 0 aromatic carbocycles. The SMILES string of the molecule is CCc1oc(C(=O)OC)cc1S(=O)(=O)N1CCC[C@@H]1C(=O)O. The molecule has 1 atom stereocenters. The van der Waals surface area contributed by atoms with E-state index in [2.05, 4.69) is 4.74 Å². The summed E-state index contributed by atoms with van der Waals surface area (Å²) in [7, 11) is -2.89. The maximum Gasteiger partial charge on any atom is 0.373 e. The predicted octanol–water partition coefficient (Wildman–Crippen LogP) is 0.866. The maximum atomic E-state index is 12.7. The Kier molecular flexibility index (Phi) is 4.57. The lowest BCUT2D eigenvalue weighted by atomic mass is 10.2. The van der Waals surface area contributed by atoms with E-state index in [0.717, 1.165) is 17.5 Å². The van der Waals surface area contributed by atoms with Gasteiger partial charge in [-0.1, -0.05) is 6.92 Å². The molecule has 1 aliphatic rings. The molecule has 1 N–H and O–H groups in total. The molecule has 0 radical (unpaired) electrons. The summed E-state index contributed by atoms with van der Waals surface area (Å²) in [6.45, 7) is 1.80. The molecule has 0 saturated carbocycles. The Hall–Kier alpha value is -1.87. The van der Waals surface area contributed by atoms with E-state index in [1.807, 2.05) is 0 Å². The Morgan fingerprint density at radius 2 is 2.18 bits per heavy atom. The maximum absolute atomic E-state index is 12.7. The molecule has 1 aromatic rings. The minimum absolute atomic E-state index is 0.108. The molecule has 0 spiro atoms. The van der Waals surface area contributed by atoms with Crippen molar-refractivity contribution in [3.63, 3.8) is 0 Å². The number of furan rings is 1. The third-order valence-corrected chi connectivity index (χ3v) is 5.51. The van der Waals surface area contributed by atoms with Crippen LogP contribution in [0.3, 0.4) is 0 Å². The van der Waals surface area contributed by atoms with Gasteiger partial charge in [-0.15, -0.1) is 0 Å². The number of hydrogen-bond acceptors (Lipinski definition) is 6. The van der Waals surface area contributed by atoms with Crippen LogP contribution in [0.5, 0.6) is 0 Å². The van der Waals surface area contributed by atoms with Gasteiger partial charge in [0.1, 0.15) is 16.7 Å². The van der Waals surface area contributed by atoms with Crippen molar-refractivity contribution in [2.24, 2.45) is 0 Å². The van der Waals surface area contributed by atoms with Crippen molar-refractivity contribution in [1.29, 1.82) is 0 Å². The van der Waals surface area contributed by atoms with Crippen molar-refractivity contribution in [3.05, 3.63) is 17.6 Å². The van der Waals surface area contributed by atoms with Crippen molar-refractivity contribution in [2.45, 2.75) is 37.1 Å². The highest BCUT2D eigenvalue weighted by Crippen LogP contribution is 2.30. The number of sulfonamides is 1. The Labute approximate surface area is 127 Å². The molecule has 1 aliphatic heterocycles. The highest BCUT2D eigenvalue weighted by atomic mass is 32.2. The second-order valence-electron chi connectivity index (χ2n) is 4.86. The highest BCUT2D eigenvalue weighted by Gasteiger charge is 2.41. The fourth-order valence-corrected chi connectivity index (χ4v) is 4.36. The predicted molar refractivity (Wildman–Crippen MR) is 74.0 cm³/mol. The summed E-state index contributed by atoms with van der Waals surface area (Å²) in [4.78, 5) is 22.5. The first kappa shape index (κ1) is 16.5. The quantitative estimate of drug-likeness (QED) is 0.796. The molecule has 8 nitrogen and oxygen atoms in total. The van der Waals surface area contributed by atoms with Gasteiger partial charge in [-0.05, 0) is 12.8 Å². The molecule has 0 amide bonds. The highest BCUT2D eigenvalue weighted by molar-refractivity contribution is 7.89. The largest absolute Gasteiger partial charge is 0.480 e. The van der Waals surface area contributed by atoms with Gasteiger partial charge < -0.3 is 14.3 Å². The molecular formula is C13H17NO7S. The van der Waals surface area contributed by atoms with Gasteiger partial charge in [0.15, 0.2) is 0 Å². The van der Waals surface area contributed by atoms with Gasteiger partial charge in [-0.25, -0.2) is 13.2 Å². The molecule has 0 unspecified atom stereocenters. The summed E-state index contributed by atoms with van der Waals surface area (Å²) in [5.41, 5.74) is 0. The lowest BCUT2D eigenvalue weighted by Gasteiger charge is -2.20. The number of aliphatic carboxylic acids is 1. The van der Waals surface area contributed by atoms with E-state index in [4.69, 9.17) is 9.52 Å². The Balaban J connectivity index is 2.47. The fraction of sp³-hybridized carbons (Fsp3) is 0.538. The normalized spacial score (nSPS) is 19.3. The van der Waals surface area contributed by atoms with Gasteiger partial charge in [-0.3, -0.25) is 4.79 Å². The summed E-state index contributed by atoms with van der Waals surface area (Å²) in [5, 5.41) is 9.15. The van der Waals surface area contributed by atoms with Crippen LogP contribution in [0.2, 0.25) is 0 Å². The van der Waals surface area contributed by atoms with E-state index in [-0.39, 0.29) is 35.8 Å². The average molecular weight is 331 g/mol. The number of rotatable bonds is 5. The van der Waals surface area contributed by atoms with Gasteiger partial charge in [0.05, 0.1) is 7.11 Å². The van der Waals surface area contributed by atoms with Gasteiger partial charge in [0.2, 0.25) is 15.8 Å². The van der Waals surface area contributed by atoms with Crippen LogP contribution in [0, 0.1) is 0 Å². The first-order chi connectivity index (χ1) is 10.3. The van der Waals surface area contributed by atoms with Crippen LogP contribution in [0.15, 0.2) is 15.4 Å². The zero-order valence-electron chi connectivity index (χ0n) is 12.2. The van der Waals surface area contributed by atoms with Crippen LogP contribution in [-0.2, 0) is 26.0 Å². The molecule has 9 heteroatoms. The zero-order chi connectivity index (χ0) is 16.5. The summed E-state index contributed by atoms with van der Waals surface area (Å²) >= 11 is 0. The van der Waals surface area contributed by atoms with Gasteiger partial charge in [0, 0.05) is 19.0 Å². The molecule has 0 bridgehead atoms. The summed E-state index contributed by atoms with van der Waals surface area (Å²) < 4.78 is 36.1. The van der Waals surface area contributed by atoms with Crippen molar-refractivity contribution in [3.8, 4) is 0 Å². The first-order valence-corrected chi connectivity index (χ1v) is 8.22. The molecule has 1 aromatic heterocycles. The van der Waals surface area contributed by atoms with Crippen LogP contribution >= 0.6 is 0 Å². The van der Waals surface area contributed by atoms with Crippen molar-refractivity contribution >= 4 is 22.0 Å². The number of nitrogens with zero attached hydrogens (tertiary/aromatic N) is 1. The molecule has 1 saturated heterocycles. The van der Waals surface area contributed by atoms with Crippen LogP contribution < -0.4 is 0 Å². The van der Waals surface area contributed by atoms with Gasteiger partial charge >= 0.3 is 11.9 Å². The lowest BCUT2D eigenvalue weighted by Crippen LogP contribution is -2.40. The standard InChI is InChI=1S/C13H17NO7S/c1-3-9-11(7-10(21-9)13(17)20-2)22(18,19)14-6-4-5-8(14)12(15)16/h7-8H,3-6H2,1-2H3,(H,15,16)/t8-/m1/s1. The number of carboxylic acid groups (broad SMARTS) is 1. The molecule has 22 heavy (non-hydrogen) atoms. The second kappa shape index (κ2) is 6.09. The molecule has 122 valence electrons. The molecular weight excluding hydrogens is 314 g/mol. The zero-order valence-corrected chi connectivity index (χ0v) is 13.1. The van der Waals surface area contributed by atoms with E-state index >= 15 is 0 Å². The van der Waals surface area contributed by atoms with Crippen molar-refractivity contribution in [1.82, 2.24) is 4.31 Å². The summed E-state index contributed by atoms with van der Waals surface area (Å²) in [6.07, 6.45) is 0.980. The molecule has 0 aliphatic carbocycles. The lowest BCUT2D eigenvalue weighted by molar-refractivity contribution is -0.140. The summed E-state index contributed by atoms with van der Waals surface area (Å²) in [5.74, 6) is -2.08. The van der Waals surface area contributed by atoms with Crippen molar-refractivity contribution in [2.75, 3.05) is 13.7 Å². The number of carbonyl (C=O) groups is 2. The molecule has 1 fully saturated rings. The molecule has 2 rings (SSSR count). The number of carbonyl (C=O) groups excluding carboxylic acids is 1. The fourth-order valence-electron chi connectivity index (χ4n) is 2.48. The van der Waals surface area contributed by atoms with Gasteiger partial charge in [0.25, 0.3) is 0 Å². The third-order valence-electron chi connectivity index (χ3n) is 3.55. The smallest absolute Gasteiger partial charge is 0.373 e. The van der Waals surface area contributed by atoms with Crippen LogP contribution in [-0.4, -0.2) is 49.5 Å². The Morgan fingerprint density at radius 1 is 1.50 bits per heavy atom. The number of methoxy groups -OCH3 is 1. The van der Waals surface area contributed by atoms with Crippen LogP contribution in [0.25, 0.3) is 0 Å². The first-order valence-electron chi connectivity index (χ1n) is 6.78. The molecule has 2 heterocycles. The minimum atomic E-state index is -4.05. The number of hydrogen-bond donors (Lipinski definition) is 1. The minimum Gasteiger partial charge on any atom is -0.480 e. The van der Waals surface area contributed by atoms with E-state index in [1.54, 1.807) is 6.92 Å². The monoisotopic (exact) mass is 331 g/mol. The second-order valence-corrected chi connectivity index (χ2v) is 6.71. The van der Waals surface area contributed by atoms with E-state index < -0.39 is 28.0 Å². The van der Waals surface area contributed by atoms with E-state index in [9.17, 15) is 18.0 Å². The Bertz CT molecular complexity index is 691. The van der Waals surface area contributed by atoms with Crippen LogP contribution in [0.1, 0.15) is 36.1 Å². The number of ether oxygens (including phenoxy) is 1. The number of carboxylic acids is 1. The van der Waals surface area contributed by atoms with E-state index in [0.29, 0.717) is 6.42 Å². The summed E-state index contributed by atoms with van der Waals surface area (Å²) in [6, 6.07) is 0.00298. The van der Waals surface area contributed by atoms with Gasteiger partial charge in [-0.2, -0.15) is 4.31 Å². The number of esters is 1. The Morgan fingerprint density at radius 3 is 2.73 bits per heavy atom. The number of aryl methyl sites for hydroxylation is 1. The topological polar surface area (TPSA) is 114 Å². The average Bonchev–Trinajstić information content (AvgIpc) is 3.13. The van der Waals surface area contributed by atoms with E-state index in [1.165, 1.54) is 0 Å². The third kappa shape index (κ3) is 2.73.